The molecule has 0 saturated heterocycles. The second-order valence-corrected chi connectivity index (χ2v) is 4.64. The average molecular weight is 232 g/mol. The van der Waals surface area contributed by atoms with Crippen molar-refractivity contribution in [3.63, 3.8) is 0 Å². The summed E-state index contributed by atoms with van der Waals surface area (Å²) in [6, 6.07) is 6.34. The number of benzene rings is 1. The van der Waals surface area contributed by atoms with E-state index in [0.29, 0.717) is 6.54 Å². The molecule has 3 heteroatoms. The van der Waals surface area contributed by atoms with Gasteiger partial charge in [0.25, 0.3) is 0 Å². The summed E-state index contributed by atoms with van der Waals surface area (Å²) >= 11 is 0. The van der Waals surface area contributed by atoms with Gasteiger partial charge >= 0.3 is 0 Å². The summed E-state index contributed by atoms with van der Waals surface area (Å²) in [5.74, 6) is 0. The third-order valence-electron chi connectivity index (χ3n) is 3.30. The predicted molar refractivity (Wildman–Crippen MR) is 71.1 cm³/mol. The van der Waals surface area contributed by atoms with Crippen LogP contribution in [0.2, 0.25) is 0 Å². The highest BCUT2D eigenvalue weighted by atomic mass is 16.3. The average Bonchev–Trinajstić information content (AvgIpc) is 2.52. The van der Waals surface area contributed by atoms with Gasteiger partial charge in [0.2, 0.25) is 0 Å². The third kappa shape index (κ3) is 1.96. The zero-order chi connectivity index (χ0) is 12.6. The highest BCUT2D eigenvalue weighted by Crippen LogP contribution is 2.31. The quantitative estimate of drug-likeness (QED) is 0.853. The molecule has 1 unspecified atom stereocenters. The van der Waals surface area contributed by atoms with E-state index in [4.69, 9.17) is 5.73 Å². The topological polar surface area (TPSA) is 51.2 Å². The van der Waals surface area contributed by atoms with Crippen LogP contribution in [0.1, 0.15) is 29.8 Å². The van der Waals surface area contributed by atoms with E-state index >= 15 is 0 Å². The summed E-state index contributed by atoms with van der Waals surface area (Å²) < 4.78 is 2.19. The maximum absolute atomic E-state index is 9.93. The molecule has 0 amide bonds. The zero-order valence-electron chi connectivity index (χ0n) is 10.7. The fourth-order valence-corrected chi connectivity index (χ4v) is 2.57. The Balaban J connectivity index is 2.78. The molecule has 0 aliphatic rings. The number of aryl methyl sites for hydroxylation is 1. The molecule has 0 saturated carbocycles. The van der Waals surface area contributed by atoms with Crippen LogP contribution in [0.25, 0.3) is 10.9 Å². The van der Waals surface area contributed by atoms with E-state index < -0.39 is 6.10 Å². The van der Waals surface area contributed by atoms with Gasteiger partial charge in [0.05, 0.1) is 6.10 Å². The molecule has 3 nitrogen and oxygen atoms in total. The normalized spacial score (nSPS) is 13.2. The highest BCUT2D eigenvalue weighted by Gasteiger charge is 2.16. The van der Waals surface area contributed by atoms with Crippen molar-refractivity contribution < 1.29 is 5.11 Å². The first kappa shape index (κ1) is 12.1. The van der Waals surface area contributed by atoms with Crippen molar-refractivity contribution in [3.05, 3.63) is 35.0 Å². The first-order chi connectivity index (χ1) is 8.06. The minimum Gasteiger partial charge on any atom is -0.389 e. The Morgan fingerprint density at radius 1 is 1.35 bits per heavy atom. The Morgan fingerprint density at radius 2 is 2.06 bits per heavy atom. The van der Waals surface area contributed by atoms with Crippen molar-refractivity contribution in [1.29, 1.82) is 0 Å². The molecule has 0 bridgehead atoms. The maximum Gasteiger partial charge on any atom is 0.0785 e. The van der Waals surface area contributed by atoms with Crippen molar-refractivity contribution in [3.8, 4) is 0 Å². The molecule has 0 spiro atoms. The molecule has 2 rings (SSSR count). The van der Waals surface area contributed by atoms with Crippen LogP contribution in [0, 0.1) is 13.8 Å². The van der Waals surface area contributed by atoms with Crippen molar-refractivity contribution in [1.82, 2.24) is 4.57 Å². The van der Waals surface area contributed by atoms with Crippen molar-refractivity contribution >= 4 is 10.9 Å². The van der Waals surface area contributed by atoms with Gasteiger partial charge in [-0.3, -0.25) is 0 Å². The Labute approximate surface area is 102 Å². The Hall–Kier alpha value is -1.32. The SMILES string of the molecule is Cc1ccc2c(c1)c(C(C)O)c(C)n2CCN. The molecular weight excluding hydrogens is 212 g/mol. The van der Waals surface area contributed by atoms with Crippen molar-refractivity contribution in [2.75, 3.05) is 6.54 Å². The second kappa shape index (κ2) is 4.51. The largest absolute Gasteiger partial charge is 0.389 e. The van der Waals surface area contributed by atoms with Gasteiger partial charge in [-0.15, -0.1) is 0 Å². The van der Waals surface area contributed by atoms with E-state index in [1.807, 2.05) is 13.8 Å². The number of nitrogens with zero attached hydrogens (tertiary/aromatic N) is 1. The first-order valence-electron chi connectivity index (χ1n) is 6.03. The van der Waals surface area contributed by atoms with Gasteiger partial charge < -0.3 is 15.4 Å². The summed E-state index contributed by atoms with van der Waals surface area (Å²) in [5, 5.41) is 11.1. The van der Waals surface area contributed by atoms with Crippen molar-refractivity contribution in [2.45, 2.75) is 33.4 Å². The number of fused-ring (bicyclic) bond motifs is 1. The number of nitrogens with two attached hydrogens (primary N) is 1. The minimum absolute atomic E-state index is 0.446. The number of aliphatic hydroxyl groups excluding tert-OH is 1. The summed E-state index contributed by atoms with van der Waals surface area (Å²) in [6.45, 7) is 7.33. The molecular formula is C14H20N2O. The predicted octanol–water partition coefficient (Wildman–Crippen LogP) is 2.27. The van der Waals surface area contributed by atoms with E-state index in [2.05, 4.69) is 29.7 Å². The maximum atomic E-state index is 9.93. The van der Waals surface area contributed by atoms with Crippen LogP contribution in [-0.2, 0) is 6.54 Å². The van der Waals surface area contributed by atoms with E-state index in [1.54, 1.807) is 0 Å². The van der Waals surface area contributed by atoms with Gasteiger partial charge in [-0.2, -0.15) is 0 Å². The molecule has 2 aromatic rings. The molecule has 1 atom stereocenters. The molecule has 3 N–H and O–H groups in total. The molecule has 1 aromatic heterocycles. The molecule has 1 heterocycles. The van der Waals surface area contributed by atoms with Gasteiger partial charge in [0.15, 0.2) is 0 Å². The first-order valence-corrected chi connectivity index (χ1v) is 6.03. The lowest BCUT2D eigenvalue weighted by atomic mass is 10.1. The highest BCUT2D eigenvalue weighted by molar-refractivity contribution is 5.86. The lowest BCUT2D eigenvalue weighted by Crippen LogP contribution is -2.11. The van der Waals surface area contributed by atoms with Gasteiger partial charge in [-0.1, -0.05) is 11.6 Å². The molecule has 1 aromatic carbocycles. The lowest BCUT2D eigenvalue weighted by molar-refractivity contribution is 0.199. The number of hydrogen-bond acceptors (Lipinski definition) is 2. The number of aliphatic hydroxyl groups is 1. The smallest absolute Gasteiger partial charge is 0.0785 e. The van der Waals surface area contributed by atoms with Crippen LogP contribution < -0.4 is 5.73 Å². The standard InChI is InChI=1S/C14H20N2O/c1-9-4-5-13-12(8-9)14(11(3)17)10(2)16(13)7-6-15/h4-5,8,11,17H,6-7,15H2,1-3H3. The Bertz CT molecular complexity index is 541. The Morgan fingerprint density at radius 3 is 2.65 bits per heavy atom. The van der Waals surface area contributed by atoms with Gasteiger partial charge in [-0.05, 0) is 32.9 Å². The van der Waals surface area contributed by atoms with Gasteiger partial charge in [0.1, 0.15) is 0 Å². The Kier molecular flexibility index (Phi) is 3.22. The van der Waals surface area contributed by atoms with E-state index in [9.17, 15) is 5.11 Å². The zero-order valence-corrected chi connectivity index (χ0v) is 10.7. The third-order valence-corrected chi connectivity index (χ3v) is 3.30. The lowest BCUT2D eigenvalue weighted by Gasteiger charge is -2.07. The molecule has 17 heavy (non-hydrogen) atoms. The summed E-state index contributed by atoms with van der Waals surface area (Å²) in [6.07, 6.45) is -0.446. The van der Waals surface area contributed by atoms with E-state index in [1.165, 1.54) is 5.56 Å². The summed E-state index contributed by atoms with van der Waals surface area (Å²) in [7, 11) is 0. The van der Waals surface area contributed by atoms with Crippen LogP contribution in [0.15, 0.2) is 18.2 Å². The molecule has 0 aliphatic heterocycles. The number of hydrogen-bond donors (Lipinski definition) is 2. The van der Waals surface area contributed by atoms with Gasteiger partial charge in [-0.25, -0.2) is 0 Å². The fraction of sp³-hybridized carbons (Fsp3) is 0.429. The van der Waals surface area contributed by atoms with Crippen molar-refractivity contribution in [2.24, 2.45) is 5.73 Å². The minimum atomic E-state index is -0.446. The van der Waals surface area contributed by atoms with Crippen LogP contribution in [-0.4, -0.2) is 16.2 Å². The summed E-state index contributed by atoms with van der Waals surface area (Å²) in [4.78, 5) is 0. The molecule has 0 radical (unpaired) electrons. The molecule has 0 aliphatic carbocycles. The van der Waals surface area contributed by atoms with E-state index in [-0.39, 0.29) is 0 Å². The summed E-state index contributed by atoms with van der Waals surface area (Å²) in [5.41, 5.74) is 10.2. The van der Waals surface area contributed by atoms with E-state index in [0.717, 1.165) is 28.7 Å². The second-order valence-electron chi connectivity index (χ2n) is 4.64. The van der Waals surface area contributed by atoms with Gasteiger partial charge in [0, 0.05) is 35.2 Å². The number of aromatic nitrogens is 1. The van der Waals surface area contributed by atoms with Crippen LogP contribution in [0.4, 0.5) is 0 Å². The molecule has 92 valence electrons. The molecule has 0 fully saturated rings. The number of rotatable bonds is 3. The van der Waals surface area contributed by atoms with Crippen LogP contribution in [0.3, 0.4) is 0 Å². The fourth-order valence-electron chi connectivity index (χ4n) is 2.57. The van der Waals surface area contributed by atoms with Crippen LogP contribution >= 0.6 is 0 Å². The monoisotopic (exact) mass is 232 g/mol. The van der Waals surface area contributed by atoms with Crippen LogP contribution in [0.5, 0.6) is 0 Å².